The number of rotatable bonds is 4. The fourth-order valence-electron chi connectivity index (χ4n) is 5.14. The first-order chi connectivity index (χ1) is 15.8. The molecule has 0 radical (unpaired) electrons. The maximum Gasteiger partial charge on any atom is 0.247 e. The van der Waals surface area contributed by atoms with E-state index in [9.17, 15) is 9.50 Å². The SMILES string of the molecule is CC(C)(O)c1coc(-c2cncc([C@]34CC[C@H](C3)c3cc(-c5ccccc5F)nnc34)n2)n1. The minimum atomic E-state index is -1.11. The van der Waals surface area contributed by atoms with E-state index < -0.39 is 5.60 Å². The van der Waals surface area contributed by atoms with Crippen LogP contribution in [0.1, 0.15) is 61.7 Å². The predicted molar refractivity (Wildman–Crippen MR) is 118 cm³/mol. The number of nitrogens with zero attached hydrogens (tertiary/aromatic N) is 5. The van der Waals surface area contributed by atoms with Crippen molar-refractivity contribution in [2.45, 2.75) is 50.0 Å². The van der Waals surface area contributed by atoms with Crippen LogP contribution in [0.2, 0.25) is 0 Å². The van der Waals surface area contributed by atoms with Gasteiger partial charge in [-0.25, -0.2) is 14.4 Å². The summed E-state index contributed by atoms with van der Waals surface area (Å²) in [6.45, 7) is 3.30. The molecule has 6 rings (SSSR count). The summed E-state index contributed by atoms with van der Waals surface area (Å²) in [5.41, 5.74) is 3.27. The molecule has 3 aromatic heterocycles. The second kappa shape index (κ2) is 6.99. The molecule has 2 bridgehead atoms. The van der Waals surface area contributed by atoms with Crippen LogP contribution in [0.3, 0.4) is 0 Å². The fraction of sp³-hybridized carbons (Fsp3) is 0.320. The van der Waals surface area contributed by atoms with E-state index in [4.69, 9.17) is 9.40 Å². The van der Waals surface area contributed by atoms with Crippen molar-refractivity contribution in [3.05, 3.63) is 77.5 Å². The topological polar surface area (TPSA) is 97.8 Å². The minimum absolute atomic E-state index is 0.306. The van der Waals surface area contributed by atoms with Crippen LogP contribution in [0.15, 0.2) is 53.4 Å². The first-order valence-electron chi connectivity index (χ1n) is 11.0. The number of hydrogen-bond acceptors (Lipinski definition) is 7. The Morgan fingerprint density at radius 1 is 1.12 bits per heavy atom. The summed E-state index contributed by atoms with van der Waals surface area (Å²) in [6.07, 6.45) is 7.59. The molecule has 2 aliphatic rings. The molecule has 0 spiro atoms. The summed E-state index contributed by atoms with van der Waals surface area (Å²) in [5.74, 6) is 0.334. The molecule has 166 valence electrons. The minimum Gasteiger partial charge on any atom is -0.443 e. The van der Waals surface area contributed by atoms with Crippen molar-refractivity contribution >= 4 is 0 Å². The summed E-state index contributed by atoms with van der Waals surface area (Å²) < 4.78 is 19.9. The van der Waals surface area contributed by atoms with Gasteiger partial charge in [-0.1, -0.05) is 12.1 Å². The maximum atomic E-state index is 14.3. The molecule has 0 aliphatic heterocycles. The summed E-state index contributed by atoms with van der Waals surface area (Å²) in [6, 6.07) is 8.61. The molecule has 0 unspecified atom stereocenters. The van der Waals surface area contributed by atoms with E-state index >= 15 is 0 Å². The highest BCUT2D eigenvalue weighted by molar-refractivity contribution is 5.62. The van der Waals surface area contributed by atoms with Gasteiger partial charge in [-0.3, -0.25) is 4.98 Å². The largest absolute Gasteiger partial charge is 0.443 e. The number of aromatic nitrogens is 5. The average molecular weight is 443 g/mol. The Labute approximate surface area is 189 Å². The van der Waals surface area contributed by atoms with Gasteiger partial charge in [-0.2, -0.15) is 10.2 Å². The van der Waals surface area contributed by atoms with Gasteiger partial charge in [0.25, 0.3) is 0 Å². The number of oxazole rings is 1. The van der Waals surface area contributed by atoms with Crippen LogP contribution in [0.4, 0.5) is 4.39 Å². The summed E-state index contributed by atoms with van der Waals surface area (Å²) in [7, 11) is 0. The molecule has 3 heterocycles. The van der Waals surface area contributed by atoms with E-state index in [1.165, 1.54) is 12.3 Å². The normalized spacial score (nSPS) is 21.4. The van der Waals surface area contributed by atoms with Gasteiger partial charge in [0.05, 0.1) is 28.7 Å². The summed E-state index contributed by atoms with van der Waals surface area (Å²) in [4.78, 5) is 13.7. The van der Waals surface area contributed by atoms with Crippen LogP contribution in [-0.2, 0) is 11.0 Å². The van der Waals surface area contributed by atoms with Crippen molar-refractivity contribution in [3.63, 3.8) is 0 Å². The molecule has 2 atom stereocenters. The molecule has 0 amide bonds. The van der Waals surface area contributed by atoms with Crippen LogP contribution in [0.5, 0.6) is 0 Å². The smallest absolute Gasteiger partial charge is 0.247 e. The average Bonchev–Trinajstić information content (AvgIpc) is 3.54. The Balaban J connectivity index is 1.41. The first kappa shape index (κ1) is 20.1. The maximum absolute atomic E-state index is 14.3. The van der Waals surface area contributed by atoms with Crippen molar-refractivity contribution in [2.24, 2.45) is 0 Å². The first-order valence-corrected chi connectivity index (χ1v) is 11.0. The van der Waals surface area contributed by atoms with E-state index in [0.29, 0.717) is 34.5 Å². The molecule has 4 aromatic rings. The number of halogens is 1. The van der Waals surface area contributed by atoms with Gasteiger partial charge in [-0.15, -0.1) is 0 Å². The van der Waals surface area contributed by atoms with Crippen molar-refractivity contribution < 1.29 is 13.9 Å². The predicted octanol–water partition coefficient (Wildman–Crippen LogP) is 4.52. The van der Waals surface area contributed by atoms with Gasteiger partial charge in [-0.05, 0) is 62.8 Å². The van der Waals surface area contributed by atoms with Crippen LogP contribution < -0.4 is 0 Å². The third-order valence-corrected chi connectivity index (χ3v) is 6.86. The van der Waals surface area contributed by atoms with Crippen molar-refractivity contribution in [3.8, 4) is 22.8 Å². The molecular formula is C25H22FN5O2. The lowest BCUT2D eigenvalue weighted by molar-refractivity contribution is 0.0738. The van der Waals surface area contributed by atoms with Gasteiger partial charge in [0.15, 0.2) is 0 Å². The van der Waals surface area contributed by atoms with Gasteiger partial charge in [0.1, 0.15) is 29.1 Å². The van der Waals surface area contributed by atoms with Crippen LogP contribution in [0.25, 0.3) is 22.8 Å². The van der Waals surface area contributed by atoms with E-state index in [1.807, 2.05) is 6.07 Å². The van der Waals surface area contributed by atoms with Gasteiger partial charge in [0, 0.05) is 11.8 Å². The summed E-state index contributed by atoms with van der Waals surface area (Å²) in [5, 5.41) is 19.2. The van der Waals surface area contributed by atoms with E-state index in [-0.39, 0.29) is 11.2 Å². The molecule has 0 saturated heterocycles. The number of benzene rings is 1. The molecule has 33 heavy (non-hydrogen) atoms. The van der Waals surface area contributed by atoms with Gasteiger partial charge >= 0.3 is 0 Å². The molecular weight excluding hydrogens is 421 g/mol. The lowest BCUT2D eigenvalue weighted by atomic mass is 9.80. The lowest BCUT2D eigenvalue weighted by Gasteiger charge is -2.26. The van der Waals surface area contributed by atoms with Gasteiger partial charge in [0.2, 0.25) is 5.89 Å². The number of fused-ring (bicyclic) bond motifs is 5. The molecule has 7 nitrogen and oxygen atoms in total. The second-order valence-electron chi connectivity index (χ2n) is 9.42. The van der Waals surface area contributed by atoms with Gasteiger partial charge < -0.3 is 9.52 Å². The van der Waals surface area contributed by atoms with Crippen molar-refractivity contribution in [2.75, 3.05) is 0 Å². The quantitative estimate of drug-likeness (QED) is 0.495. The molecule has 2 aliphatic carbocycles. The standard InChI is InChI=1S/C25H22FN5O2/c1-24(2,32)21-13-33-23(29-21)19-11-27-12-20(28-19)25-8-7-14(10-25)16-9-18(30-31-22(16)25)15-5-3-4-6-17(15)26/h3-6,9,11-14,32H,7-8,10H2,1-2H3/t14-,25+/m1/s1. The Bertz CT molecular complexity index is 1380. The molecule has 1 N–H and O–H groups in total. The highest BCUT2D eigenvalue weighted by Gasteiger charge is 2.53. The van der Waals surface area contributed by atoms with E-state index in [0.717, 1.165) is 36.2 Å². The Hall–Kier alpha value is -3.52. The van der Waals surface area contributed by atoms with Crippen LogP contribution >= 0.6 is 0 Å². The van der Waals surface area contributed by atoms with E-state index in [2.05, 4.69) is 20.2 Å². The Morgan fingerprint density at radius 3 is 2.76 bits per heavy atom. The molecule has 1 aromatic carbocycles. The monoisotopic (exact) mass is 443 g/mol. The molecule has 1 fully saturated rings. The van der Waals surface area contributed by atoms with Crippen molar-refractivity contribution in [1.82, 2.24) is 25.1 Å². The summed E-state index contributed by atoms with van der Waals surface area (Å²) >= 11 is 0. The fourth-order valence-corrected chi connectivity index (χ4v) is 5.14. The Kier molecular flexibility index (Phi) is 4.26. The second-order valence-corrected chi connectivity index (χ2v) is 9.42. The lowest BCUT2D eigenvalue weighted by Crippen LogP contribution is -2.26. The number of hydrogen-bond donors (Lipinski definition) is 1. The van der Waals surface area contributed by atoms with E-state index in [1.54, 1.807) is 44.4 Å². The zero-order valence-electron chi connectivity index (χ0n) is 18.3. The third-order valence-electron chi connectivity index (χ3n) is 6.86. The Morgan fingerprint density at radius 2 is 1.97 bits per heavy atom. The van der Waals surface area contributed by atoms with Crippen molar-refractivity contribution in [1.29, 1.82) is 0 Å². The number of aliphatic hydroxyl groups is 1. The van der Waals surface area contributed by atoms with Crippen LogP contribution in [0, 0.1) is 5.82 Å². The zero-order valence-corrected chi connectivity index (χ0v) is 18.3. The van der Waals surface area contributed by atoms with Crippen LogP contribution in [-0.4, -0.2) is 30.3 Å². The zero-order chi connectivity index (χ0) is 22.8. The highest BCUT2D eigenvalue weighted by Crippen LogP contribution is 2.59. The molecule has 8 heteroatoms. The highest BCUT2D eigenvalue weighted by atomic mass is 19.1. The third kappa shape index (κ3) is 3.08. The molecule has 1 saturated carbocycles.